The van der Waals surface area contributed by atoms with Crippen molar-refractivity contribution in [3.8, 4) is 0 Å². The van der Waals surface area contributed by atoms with Crippen molar-refractivity contribution in [3.63, 3.8) is 0 Å². The molecule has 0 aliphatic heterocycles. The van der Waals surface area contributed by atoms with Gasteiger partial charge < -0.3 is 10.2 Å². The maximum atomic E-state index is 12.1. The molecule has 3 rings (SSSR count). The van der Waals surface area contributed by atoms with Gasteiger partial charge in [0.15, 0.2) is 0 Å². The Bertz CT molecular complexity index is 777. The lowest BCUT2D eigenvalue weighted by molar-refractivity contribution is -0.143. The Labute approximate surface area is 194 Å². The molecule has 2 unspecified atom stereocenters. The predicted molar refractivity (Wildman–Crippen MR) is 127 cm³/mol. The van der Waals surface area contributed by atoms with Crippen molar-refractivity contribution < 1.29 is 19.8 Å². The molecule has 3 fully saturated rings. The lowest BCUT2D eigenvalue weighted by Gasteiger charge is -2.44. The molecule has 0 aromatic heterocycles. The zero-order valence-electron chi connectivity index (χ0n) is 20.6. The molecule has 180 valence electrons. The van der Waals surface area contributed by atoms with Crippen LogP contribution in [0, 0.1) is 28.6 Å². The molecular weight excluding hydrogens is 402 g/mol. The molecule has 3 aliphatic rings. The SMILES string of the molecule is C=C1/C(=C\C=C2/CCC[C@@]3(C)C2CCC3[C@H](C)CONC(=O)C(C)(C)C)C[C@@H](O)C[C@@H]1O. The molecule has 0 spiro atoms. The summed E-state index contributed by atoms with van der Waals surface area (Å²) in [7, 11) is 0. The van der Waals surface area contributed by atoms with Crippen LogP contribution in [0.2, 0.25) is 0 Å². The normalized spacial score (nSPS) is 36.9. The zero-order valence-corrected chi connectivity index (χ0v) is 20.6. The smallest absolute Gasteiger partial charge is 0.248 e. The zero-order chi connectivity index (χ0) is 23.7. The van der Waals surface area contributed by atoms with Crippen LogP contribution in [0.5, 0.6) is 0 Å². The van der Waals surface area contributed by atoms with Gasteiger partial charge in [0.2, 0.25) is 5.91 Å². The number of aliphatic hydroxyl groups is 2. The maximum absolute atomic E-state index is 12.1. The van der Waals surface area contributed by atoms with Crippen LogP contribution >= 0.6 is 0 Å². The van der Waals surface area contributed by atoms with E-state index in [1.165, 1.54) is 31.3 Å². The molecule has 0 aromatic carbocycles. The first-order valence-corrected chi connectivity index (χ1v) is 12.3. The van der Waals surface area contributed by atoms with Gasteiger partial charge in [-0.3, -0.25) is 9.63 Å². The number of hydrogen-bond acceptors (Lipinski definition) is 4. The Morgan fingerprint density at radius 1 is 1.31 bits per heavy atom. The van der Waals surface area contributed by atoms with Crippen LogP contribution in [0.15, 0.2) is 35.5 Å². The molecule has 0 radical (unpaired) electrons. The minimum atomic E-state index is -0.643. The van der Waals surface area contributed by atoms with Gasteiger partial charge in [0.25, 0.3) is 0 Å². The summed E-state index contributed by atoms with van der Waals surface area (Å²) in [6.45, 7) is 14.9. The van der Waals surface area contributed by atoms with E-state index in [1.807, 2.05) is 20.8 Å². The molecule has 0 aromatic rings. The third-order valence-corrected chi connectivity index (χ3v) is 8.18. The third kappa shape index (κ3) is 5.37. The average Bonchev–Trinajstić information content (AvgIpc) is 3.06. The molecule has 3 N–H and O–H groups in total. The molecule has 5 nitrogen and oxygen atoms in total. The molecule has 5 heteroatoms. The van der Waals surface area contributed by atoms with Crippen LogP contribution in [-0.4, -0.2) is 34.9 Å². The summed E-state index contributed by atoms with van der Waals surface area (Å²) in [5.74, 6) is 1.39. The summed E-state index contributed by atoms with van der Waals surface area (Å²) in [5, 5.41) is 20.2. The van der Waals surface area contributed by atoms with E-state index >= 15 is 0 Å². The Morgan fingerprint density at radius 2 is 2.03 bits per heavy atom. The maximum Gasteiger partial charge on any atom is 0.248 e. The number of hydrogen-bond donors (Lipinski definition) is 3. The average molecular weight is 446 g/mol. The topological polar surface area (TPSA) is 78.8 Å². The Balaban J connectivity index is 1.67. The molecule has 32 heavy (non-hydrogen) atoms. The molecule has 0 bridgehead atoms. The van der Waals surface area contributed by atoms with Crippen LogP contribution < -0.4 is 5.48 Å². The lowest BCUT2D eigenvalue weighted by Crippen LogP contribution is -2.39. The lowest BCUT2D eigenvalue weighted by atomic mass is 9.61. The van der Waals surface area contributed by atoms with Crippen LogP contribution in [0.1, 0.15) is 79.6 Å². The number of carbonyl (C=O) groups is 1. The second kappa shape index (κ2) is 9.82. The summed E-state index contributed by atoms with van der Waals surface area (Å²) in [5.41, 5.74) is 5.62. The highest BCUT2D eigenvalue weighted by Gasteiger charge is 2.50. The number of nitrogens with one attached hydrogen (secondary N) is 1. The first kappa shape index (κ1) is 25.2. The van der Waals surface area contributed by atoms with Crippen molar-refractivity contribution >= 4 is 5.91 Å². The second-order valence-corrected chi connectivity index (χ2v) is 11.6. The Hall–Kier alpha value is -1.43. The highest BCUT2D eigenvalue weighted by Crippen LogP contribution is 2.59. The highest BCUT2D eigenvalue weighted by atomic mass is 16.7. The van der Waals surface area contributed by atoms with Gasteiger partial charge in [0.05, 0.1) is 18.8 Å². The van der Waals surface area contributed by atoms with Crippen LogP contribution in [0.3, 0.4) is 0 Å². The van der Waals surface area contributed by atoms with Crippen LogP contribution in [-0.2, 0) is 9.63 Å². The Morgan fingerprint density at radius 3 is 2.72 bits per heavy atom. The molecule has 0 saturated heterocycles. The fourth-order valence-electron chi connectivity index (χ4n) is 6.19. The molecule has 3 aliphatic carbocycles. The molecule has 6 atom stereocenters. The fourth-order valence-corrected chi connectivity index (χ4v) is 6.19. The molecular formula is C27H43NO4. The van der Waals surface area contributed by atoms with Gasteiger partial charge in [0.1, 0.15) is 0 Å². The van der Waals surface area contributed by atoms with Crippen LogP contribution in [0.4, 0.5) is 0 Å². The summed E-state index contributed by atoms with van der Waals surface area (Å²) >= 11 is 0. The fraction of sp³-hybridized carbons (Fsp3) is 0.741. The number of rotatable bonds is 5. The predicted octanol–water partition coefficient (Wildman–Crippen LogP) is 4.86. The number of carbonyl (C=O) groups excluding carboxylic acids is 1. The van der Waals surface area contributed by atoms with E-state index in [1.54, 1.807) is 0 Å². The summed E-state index contributed by atoms with van der Waals surface area (Å²) in [6.07, 6.45) is 10.0. The minimum absolute atomic E-state index is 0.0873. The first-order chi connectivity index (χ1) is 14.9. The van der Waals surface area contributed by atoms with Gasteiger partial charge in [-0.05, 0) is 72.8 Å². The number of allylic oxidation sites excluding steroid dienone is 3. The van der Waals surface area contributed by atoms with Crippen molar-refractivity contribution in [3.05, 3.63) is 35.5 Å². The van der Waals surface area contributed by atoms with E-state index in [0.29, 0.717) is 37.2 Å². The number of fused-ring (bicyclic) bond motifs is 1. The number of aliphatic hydroxyl groups excluding tert-OH is 2. The molecule has 1 amide bonds. The van der Waals surface area contributed by atoms with Crippen molar-refractivity contribution in [1.82, 2.24) is 5.48 Å². The monoisotopic (exact) mass is 445 g/mol. The highest BCUT2D eigenvalue weighted by molar-refractivity contribution is 5.80. The van der Waals surface area contributed by atoms with Crippen LogP contribution in [0.25, 0.3) is 0 Å². The summed E-state index contributed by atoms with van der Waals surface area (Å²) in [4.78, 5) is 17.7. The quantitative estimate of drug-likeness (QED) is 0.528. The molecule has 3 saturated carbocycles. The van der Waals surface area contributed by atoms with Gasteiger partial charge in [-0.15, -0.1) is 0 Å². The van der Waals surface area contributed by atoms with E-state index in [9.17, 15) is 15.0 Å². The molecule has 0 heterocycles. The van der Waals surface area contributed by atoms with E-state index in [2.05, 4.69) is 38.1 Å². The minimum Gasteiger partial charge on any atom is -0.393 e. The van der Waals surface area contributed by atoms with Gasteiger partial charge >= 0.3 is 0 Å². The largest absolute Gasteiger partial charge is 0.393 e. The second-order valence-electron chi connectivity index (χ2n) is 11.6. The third-order valence-electron chi connectivity index (χ3n) is 8.18. The standard InChI is InChI=1S/C27H43NO4/c1-17(16-32-28-25(31)26(3,4)5)22-11-12-23-19(8-7-13-27(22,23)6)9-10-20-14-21(29)15-24(30)18(20)2/h9-10,17,21-24,29-30H,2,7-8,11-16H2,1,3-6H3,(H,28,31)/b19-9+,20-10-/t17-,21-,22?,23?,24+,27-/m1/s1. The first-order valence-electron chi connectivity index (χ1n) is 12.3. The van der Waals surface area contributed by atoms with Crippen molar-refractivity contribution in [2.45, 2.75) is 91.8 Å². The summed E-state index contributed by atoms with van der Waals surface area (Å²) in [6, 6.07) is 0. The number of amides is 1. The van der Waals surface area contributed by atoms with E-state index in [-0.39, 0.29) is 11.3 Å². The van der Waals surface area contributed by atoms with E-state index in [0.717, 1.165) is 17.6 Å². The van der Waals surface area contributed by atoms with Crippen molar-refractivity contribution in [2.24, 2.45) is 28.6 Å². The Kier molecular flexibility index (Phi) is 7.73. The van der Waals surface area contributed by atoms with Gasteiger partial charge in [-0.25, -0.2) is 5.48 Å². The van der Waals surface area contributed by atoms with Crippen molar-refractivity contribution in [2.75, 3.05) is 6.61 Å². The summed E-state index contributed by atoms with van der Waals surface area (Å²) < 4.78 is 0. The van der Waals surface area contributed by atoms with Gasteiger partial charge in [-0.1, -0.05) is 58.9 Å². The van der Waals surface area contributed by atoms with E-state index < -0.39 is 17.6 Å². The van der Waals surface area contributed by atoms with Gasteiger partial charge in [-0.2, -0.15) is 0 Å². The number of hydroxylamine groups is 1. The van der Waals surface area contributed by atoms with Gasteiger partial charge in [0, 0.05) is 11.8 Å². The van der Waals surface area contributed by atoms with Crippen molar-refractivity contribution in [1.29, 1.82) is 0 Å². The van der Waals surface area contributed by atoms with E-state index in [4.69, 9.17) is 4.84 Å².